The lowest BCUT2D eigenvalue weighted by Gasteiger charge is -2.40. The Balaban J connectivity index is 5.29. The Morgan fingerprint density at radius 3 is 1.74 bits per heavy atom. The standard InChI is InChI=1S/C20H36O7/c1-8-24-12-20(7,14-27-18(5)23)11-19(6,13-26-17(4)22)9-15(2)10-25-16(3)21/h15H,8-14H2,1-7H3/t15-,19-,20-/m1/s1. The number of rotatable bonds is 13. The first-order valence-corrected chi connectivity index (χ1v) is 9.39. The Hall–Kier alpha value is -1.63. The first-order chi connectivity index (χ1) is 12.4. The van der Waals surface area contributed by atoms with Crippen LogP contribution < -0.4 is 0 Å². The molecule has 0 N–H and O–H groups in total. The monoisotopic (exact) mass is 388 g/mol. The number of esters is 3. The van der Waals surface area contributed by atoms with Crippen molar-refractivity contribution in [2.24, 2.45) is 16.7 Å². The predicted molar refractivity (Wildman–Crippen MR) is 101 cm³/mol. The summed E-state index contributed by atoms with van der Waals surface area (Å²) in [6.07, 6.45) is 1.29. The molecule has 0 rings (SSSR count). The van der Waals surface area contributed by atoms with Crippen molar-refractivity contribution < 1.29 is 33.3 Å². The van der Waals surface area contributed by atoms with Crippen molar-refractivity contribution in [2.75, 3.05) is 33.0 Å². The summed E-state index contributed by atoms with van der Waals surface area (Å²) in [6, 6.07) is 0. The molecule has 27 heavy (non-hydrogen) atoms. The van der Waals surface area contributed by atoms with Gasteiger partial charge in [-0.15, -0.1) is 0 Å². The molecule has 0 aliphatic heterocycles. The van der Waals surface area contributed by atoms with Gasteiger partial charge in [-0.2, -0.15) is 0 Å². The van der Waals surface area contributed by atoms with E-state index >= 15 is 0 Å². The molecule has 0 spiro atoms. The Bertz CT molecular complexity index is 491. The molecule has 0 radical (unpaired) electrons. The minimum absolute atomic E-state index is 0.0829. The van der Waals surface area contributed by atoms with Crippen LogP contribution in [-0.2, 0) is 33.3 Å². The molecule has 0 aliphatic carbocycles. The van der Waals surface area contributed by atoms with Gasteiger partial charge in [-0.1, -0.05) is 20.8 Å². The molecule has 0 amide bonds. The van der Waals surface area contributed by atoms with E-state index in [9.17, 15) is 14.4 Å². The van der Waals surface area contributed by atoms with Crippen molar-refractivity contribution in [1.82, 2.24) is 0 Å². The van der Waals surface area contributed by atoms with Gasteiger partial charge in [-0.3, -0.25) is 14.4 Å². The van der Waals surface area contributed by atoms with Crippen LogP contribution in [0.2, 0.25) is 0 Å². The molecule has 158 valence electrons. The molecule has 0 saturated carbocycles. The third kappa shape index (κ3) is 12.4. The topological polar surface area (TPSA) is 88.1 Å². The fourth-order valence-corrected chi connectivity index (χ4v) is 3.42. The highest BCUT2D eigenvalue weighted by atomic mass is 16.5. The summed E-state index contributed by atoms with van der Waals surface area (Å²) in [5.74, 6) is -0.929. The molecule has 0 saturated heterocycles. The first-order valence-electron chi connectivity index (χ1n) is 9.39. The maximum atomic E-state index is 11.4. The Kier molecular flexibility index (Phi) is 11.2. The molecule has 0 aromatic rings. The van der Waals surface area contributed by atoms with Crippen molar-refractivity contribution in [3.05, 3.63) is 0 Å². The molecule has 0 aromatic heterocycles. The smallest absolute Gasteiger partial charge is 0.302 e. The maximum Gasteiger partial charge on any atom is 0.302 e. The van der Waals surface area contributed by atoms with Gasteiger partial charge >= 0.3 is 17.9 Å². The largest absolute Gasteiger partial charge is 0.466 e. The SMILES string of the molecule is CCOC[C@](C)(COC(C)=O)C[C@](C)(COC(C)=O)C[C@@H](C)COC(C)=O. The fourth-order valence-electron chi connectivity index (χ4n) is 3.42. The van der Waals surface area contributed by atoms with Gasteiger partial charge in [0, 0.05) is 38.2 Å². The van der Waals surface area contributed by atoms with Crippen LogP contribution >= 0.6 is 0 Å². The normalized spacial score (nSPS) is 16.6. The van der Waals surface area contributed by atoms with Gasteiger partial charge in [0.15, 0.2) is 0 Å². The van der Waals surface area contributed by atoms with Crippen LogP contribution in [0.1, 0.15) is 61.3 Å². The van der Waals surface area contributed by atoms with Gasteiger partial charge in [-0.25, -0.2) is 0 Å². The molecule has 0 heterocycles. The predicted octanol–water partition coefficient (Wildman–Crippen LogP) is 3.14. The van der Waals surface area contributed by atoms with Crippen LogP contribution in [0.25, 0.3) is 0 Å². The van der Waals surface area contributed by atoms with E-state index in [-0.39, 0.29) is 37.0 Å². The zero-order valence-electron chi connectivity index (χ0n) is 17.9. The van der Waals surface area contributed by atoms with Crippen LogP contribution in [0, 0.1) is 16.7 Å². The molecule has 7 heteroatoms. The Morgan fingerprint density at radius 2 is 1.30 bits per heavy atom. The molecule has 0 aliphatic rings. The number of hydrogen-bond donors (Lipinski definition) is 0. The summed E-state index contributed by atoms with van der Waals surface area (Å²) in [5.41, 5.74) is -0.824. The number of hydrogen-bond acceptors (Lipinski definition) is 7. The average Bonchev–Trinajstić information content (AvgIpc) is 2.55. The zero-order chi connectivity index (χ0) is 21.1. The Labute approximate surface area is 163 Å². The Morgan fingerprint density at radius 1 is 0.815 bits per heavy atom. The highest BCUT2D eigenvalue weighted by Gasteiger charge is 2.38. The lowest BCUT2D eigenvalue weighted by molar-refractivity contribution is -0.149. The van der Waals surface area contributed by atoms with Crippen molar-refractivity contribution in [1.29, 1.82) is 0 Å². The molecule has 0 fully saturated rings. The number of carbonyl (C=O) groups is 3. The summed E-state index contributed by atoms with van der Waals surface area (Å²) in [6.45, 7) is 13.8. The third-order valence-corrected chi connectivity index (χ3v) is 4.17. The molecule has 7 nitrogen and oxygen atoms in total. The van der Waals surface area contributed by atoms with E-state index in [1.165, 1.54) is 20.8 Å². The third-order valence-electron chi connectivity index (χ3n) is 4.17. The van der Waals surface area contributed by atoms with Gasteiger partial charge in [0.05, 0.1) is 26.4 Å². The molecule has 0 bridgehead atoms. The summed E-state index contributed by atoms with van der Waals surface area (Å²) in [4.78, 5) is 33.7. The lowest BCUT2D eigenvalue weighted by atomic mass is 9.70. The van der Waals surface area contributed by atoms with Crippen molar-refractivity contribution in [3.63, 3.8) is 0 Å². The van der Waals surface area contributed by atoms with Crippen molar-refractivity contribution in [2.45, 2.75) is 61.3 Å². The molecular weight excluding hydrogens is 352 g/mol. The van der Waals surface area contributed by atoms with Gasteiger partial charge in [0.1, 0.15) is 0 Å². The van der Waals surface area contributed by atoms with E-state index < -0.39 is 10.8 Å². The van der Waals surface area contributed by atoms with Crippen LogP contribution in [0.3, 0.4) is 0 Å². The second-order valence-electron chi connectivity index (χ2n) is 8.11. The molecular formula is C20H36O7. The average molecular weight is 389 g/mol. The quantitative estimate of drug-likeness (QED) is 0.354. The summed E-state index contributed by atoms with van der Waals surface area (Å²) in [7, 11) is 0. The highest BCUT2D eigenvalue weighted by molar-refractivity contribution is 5.66. The molecule has 0 unspecified atom stereocenters. The van der Waals surface area contributed by atoms with Gasteiger partial charge in [0.25, 0.3) is 0 Å². The van der Waals surface area contributed by atoms with Crippen LogP contribution in [-0.4, -0.2) is 50.9 Å². The van der Waals surface area contributed by atoms with E-state index in [4.69, 9.17) is 18.9 Å². The number of ether oxygens (including phenoxy) is 4. The zero-order valence-corrected chi connectivity index (χ0v) is 17.9. The van der Waals surface area contributed by atoms with E-state index in [2.05, 4.69) is 0 Å². The van der Waals surface area contributed by atoms with E-state index in [0.29, 0.717) is 32.7 Å². The maximum absolute atomic E-state index is 11.4. The molecule has 0 aromatic carbocycles. The lowest BCUT2D eigenvalue weighted by Crippen LogP contribution is -2.39. The second kappa shape index (κ2) is 12.0. The molecule has 3 atom stereocenters. The highest BCUT2D eigenvalue weighted by Crippen LogP contribution is 2.40. The van der Waals surface area contributed by atoms with Crippen LogP contribution in [0.4, 0.5) is 0 Å². The van der Waals surface area contributed by atoms with E-state index in [1.807, 2.05) is 27.7 Å². The summed E-state index contributed by atoms with van der Waals surface area (Å²) < 4.78 is 21.3. The van der Waals surface area contributed by atoms with Gasteiger partial charge in [-0.05, 0) is 25.7 Å². The van der Waals surface area contributed by atoms with Gasteiger partial charge in [0.2, 0.25) is 0 Å². The minimum atomic E-state index is -0.433. The van der Waals surface area contributed by atoms with Crippen molar-refractivity contribution >= 4 is 17.9 Å². The number of carbonyl (C=O) groups excluding carboxylic acids is 3. The van der Waals surface area contributed by atoms with E-state index in [0.717, 1.165) is 0 Å². The van der Waals surface area contributed by atoms with Gasteiger partial charge < -0.3 is 18.9 Å². The summed E-state index contributed by atoms with van der Waals surface area (Å²) >= 11 is 0. The first kappa shape index (κ1) is 25.4. The van der Waals surface area contributed by atoms with E-state index in [1.54, 1.807) is 0 Å². The van der Waals surface area contributed by atoms with Crippen molar-refractivity contribution in [3.8, 4) is 0 Å². The minimum Gasteiger partial charge on any atom is -0.466 e. The van der Waals surface area contributed by atoms with Crippen LogP contribution in [0.15, 0.2) is 0 Å². The fraction of sp³-hybridized carbons (Fsp3) is 0.850. The summed E-state index contributed by atoms with van der Waals surface area (Å²) in [5, 5.41) is 0. The van der Waals surface area contributed by atoms with Crippen LogP contribution in [0.5, 0.6) is 0 Å². The second-order valence-corrected chi connectivity index (χ2v) is 8.11.